The summed E-state index contributed by atoms with van der Waals surface area (Å²) in [5, 5.41) is 6.34. The third-order valence-corrected chi connectivity index (χ3v) is 4.35. The summed E-state index contributed by atoms with van der Waals surface area (Å²) in [6, 6.07) is 11.9. The SMILES string of the molecule is CCC(=O)Nc1ccc(C(C)NCc2cc(OC)c(OC)c(OC)c2)cc1. The summed E-state index contributed by atoms with van der Waals surface area (Å²) in [7, 11) is 4.80. The summed E-state index contributed by atoms with van der Waals surface area (Å²) in [6.45, 7) is 4.57. The Kier molecular flexibility index (Phi) is 7.49. The van der Waals surface area contributed by atoms with Gasteiger partial charge in [0.15, 0.2) is 11.5 Å². The number of benzene rings is 2. The first kappa shape index (κ1) is 20.6. The lowest BCUT2D eigenvalue weighted by atomic mass is 10.1. The zero-order chi connectivity index (χ0) is 19.8. The Morgan fingerprint density at radius 3 is 2.07 bits per heavy atom. The van der Waals surface area contributed by atoms with Crippen LogP contribution in [0.15, 0.2) is 36.4 Å². The van der Waals surface area contributed by atoms with Gasteiger partial charge < -0.3 is 24.8 Å². The maximum Gasteiger partial charge on any atom is 0.224 e. The van der Waals surface area contributed by atoms with Gasteiger partial charge in [-0.3, -0.25) is 4.79 Å². The van der Waals surface area contributed by atoms with Crippen molar-refractivity contribution in [3.63, 3.8) is 0 Å². The van der Waals surface area contributed by atoms with E-state index in [1.54, 1.807) is 21.3 Å². The number of methoxy groups -OCH3 is 3. The fourth-order valence-corrected chi connectivity index (χ4v) is 2.73. The van der Waals surface area contributed by atoms with Crippen LogP contribution in [0.4, 0.5) is 5.69 Å². The van der Waals surface area contributed by atoms with Crippen LogP contribution in [0, 0.1) is 0 Å². The van der Waals surface area contributed by atoms with Crippen molar-refractivity contribution in [1.29, 1.82) is 0 Å². The second-order valence-corrected chi connectivity index (χ2v) is 6.16. The van der Waals surface area contributed by atoms with Gasteiger partial charge in [-0.25, -0.2) is 0 Å². The van der Waals surface area contributed by atoms with Gasteiger partial charge >= 0.3 is 0 Å². The molecule has 27 heavy (non-hydrogen) atoms. The monoisotopic (exact) mass is 372 g/mol. The highest BCUT2D eigenvalue weighted by molar-refractivity contribution is 5.90. The number of nitrogens with one attached hydrogen (secondary N) is 2. The van der Waals surface area contributed by atoms with Crippen molar-refractivity contribution in [2.75, 3.05) is 26.6 Å². The van der Waals surface area contributed by atoms with Crippen molar-refractivity contribution in [1.82, 2.24) is 5.32 Å². The molecule has 1 amide bonds. The largest absolute Gasteiger partial charge is 0.493 e. The van der Waals surface area contributed by atoms with E-state index in [2.05, 4.69) is 17.6 Å². The molecule has 1 unspecified atom stereocenters. The van der Waals surface area contributed by atoms with E-state index >= 15 is 0 Å². The van der Waals surface area contributed by atoms with Crippen molar-refractivity contribution in [2.45, 2.75) is 32.9 Å². The highest BCUT2D eigenvalue weighted by Crippen LogP contribution is 2.38. The van der Waals surface area contributed by atoms with Gasteiger partial charge in [-0.15, -0.1) is 0 Å². The van der Waals surface area contributed by atoms with Crippen LogP contribution < -0.4 is 24.8 Å². The van der Waals surface area contributed by atoms with Crippen LogP contribution in [-0.4, -0.2) is 27.2 Å². The number of hydrogen-bond donors (Lipinski definition) is 2. The minimum atomic E-state index is 0.0105. The number of amides is 1. The lowest BCUT2D eigenvalue weighted by Crippen LogP contribution is -2.18. The molecule has 1 atom stereocenters. The minimum absolute atomic E-state index is 0.0105. The van der Waals surface area contributed by atoms with Crippen molar-refractivity contribution in [2.24, 2.45) is 0 Å². The third-order valence-electron chi connectivity index (χ3n) is 4.35. The van der Waals surface area contributed by atoms with Crippen LogP contribution in [0.25, 0.3) is 0 Å². The maximum atomic E-state index is 11.5. The first-order chi connectivity index (χ1) is 13.0. The minimum Gasteiger partial charge on any atom is -0.493 e. The fourth-order valence-electron chi connectivity index (χ4n) is 2.73. The topological polar surface area (TPSA) is 68.8 Å². The molecule has 0 radical (unpaired) electrons. The van der Waals surface area contributed by atoms with E-state index < -0.39 is 0 Å². The predicted molar refractivity (Wildman–Crippen MR) is 107 cm³/mol. The van der Waals surface area contributed by atoms with Crippen LogP contribution in [0.2, 0.25) is 0 Å². The number of rotatable bonds is 9. The summed E-state index contributed by atoms with van der Waals surface area (Å²) >= 11 is 0. The summed E-state index contributed by atoms with van der Waals surface area (Å²) in [4.78, 5) is 11.5. The van der Waals surface area contributed by atoms with Crippen molar-refractivity contribution in [3.05, 3.63) is 47.5 Å². The van der Waals surface area contributed by atoms with Gasteiger partial charge in [-0.1, -0.05) is 19.1 Å². The summed E-state index contributed by atoms with van der Waals surface area (Å²) in [5.41, 5.74) is 2.97. The molecular weight excluding hydrogens is 344 g/mol. The van der Waals surface area contributed by atoms with Gasteiger partial charge in [0, 0.05) is 24.7 Å². The van der Waals surface area contributed by atoms with E-state index in [9.17, 15) is 4.79 Å². The standard InChI is InChI=1S/C21H28N2O4/c1-6-20(24)23-17-9-7-16(8-10-17)14(2)22-13-15-11-18(25-3)21(27-5)19(12-15)26-4/h7-12,14,22H,6,13H2,1-5H3,(H,23,24). The van der Waals surface area contributed by atoms with Crippen molar-refractivity contribution >= 4 is 11.6 Å². The average Bonchev–Trinajstić information content (AvgIpc) is 2.71. The van der Waals surface area contributed by atoms with Crippen molar-refractivity contribution < 1.29 is 19.0 Å². The second-order valence-electron chi connectivity index (χ2n) is 6.16. The summed E-state index contributed by atoms with van der Waals surface area (Å²) in [5.74, 6) is 1.87. The van der Waals surface area contributed by atoms with Gasteiger partial charge in [0.1, 0.15) is 0 Å². The van der Waals surface area contributed by atoms with Crippen molar-refractivity contribution in [3.8, 4) is 17.2 Å². The highest BCUT2D eigenvalue weighted by Gasteiger charge is 2.14. The summed E-state index contributed by atoms with van der Waals surface area (Å²) < 4.78 is 16.1. The van der Waals surface area contributed by atoms with E-state index in [0.29, 0.717) is 30.2 Å². The van der Waals surface area contributed by atoms with E-state index in [-0.39, 0.29) is 11.9 Å². The van der Waals surface area contributed by atoms with Crippen LogP contribution >= 0.6 is 0 Å². The molecule has 6 nitrogen and oxygen atoms in total. The molecule has 2 aromatic carbocycles. The number of hydrogen-bond acceptors (Lipinski definition) is 5. The zero-order valence-electron chi connectivity index (χ0n) is 16.6. The lowest BCUT2D eigenvalue weighted by Gasteiger charge is -2.17. The van der Waals surface area contributed by atoms with Gasteiger partial charge in [-0.05, 0) is 42.3 Å². The fraction of sp³-hybridized carbons (Fsp3) is 0.381. The van der Waals surface area contributed by atoms with E-state index in [1.165, 1.54) is 0 Å². The van der Waals surface area contributed by atoms with Gasteiger partial charge in [0.2, 0.25) is 11.7 Å². The Labute approximate surface area is 160 Å². The first-order valence-electron chi connectivity index (χ1n) is 8.94. The van der Waals surface area contributed by atoms with E-state index in [4.69, 9.17) is 14.2 Å². The molecule has 0 saturated carbocycles. The molecule has 0 bridgehead atoms. The zero-order valence-corrected chi connectivity index (χ0v) is 16.6. The molecule has 2 N–H and O–H groups in total. The van der Waals surface area contributed by atoms with Crippen LogP contribution in [-0.2, 0) is 11.3 Å². The molecular formula is C21H28N2O4. The normalized spacial score (nSPS) is 11.6. The Morgan fingerprint density at radius 1 is 1.00 bits per heavy atom. The lowest BCUT2D eigenvalue weighted by molar-refractivity contribution is -0.115. The summed E-state index contributed by atoms with van der Waals surface area (Å²) in [6.07, 6.45) is 0.467. The van der Waals surface area contributed by atoms with Crippen LogP contribution in [0.5, 0.6) is 17.2 Å². The number of ether oxygens (including phenoxy) is 3. The molecule has 0 spiro atoms. The molecule has 0 heterocycles. The number of carbonyl (C=O) groups excluding carboxylic acids is 1. The molecule has 0 aliphatic heterocycles. The molecule has 0 aliphatic rings. The molecule has 146 valence electrons. The molecule has 0 fully saturated rings. The second kappa shape index (κ2) is 9.83. The third kappa shape index (κ3) is 5.37. The Morgan fingerprint density at radius 2 is 1.59 bits per heavy atom. The molecule has 0 aliphatic carbocycles. The Balaban J connectivity index is 2.04. The number of anilines is 1. The highest BCUT2D eigenvalue weighted by atomic mass is 16.5. The first-order valence-corrected chi connectivity index (χ1v) is 8.94. The smallest absolute Gasteiger partial charge is 0.224 e. The van der Waals surface area contributed by atoms with E-state index in [1.807, 2.05) is 43.3 Å². The predicted octanol–water partition coefficient (Wildman–Crippen LogP) is 3.91. The molecule has 6 heteroatoms. The Hall–Kier alpha value is -2.73. The van der Waals surface area contributed by atoms with Gasteiger partial charge in [-0.2, -0.15) is 0 Å². The molecule has 2 aromatic rings. The van der Waals surface area contributed by atoms with Gasteiger partial charge in [0.25, 0.3) is 0 Å². The number of carbonyl (C=O) groups is 1. The van der Waals surface area contributed by atoms with Gasteiger partial charge in [0.05, 0.1) is 21.3 Å². The van der Waals surface area contributed by atoms with Crippen LogP contribution in [0.1, 0.15) is 37.4 Å². The molecule has 0 aromatic heterocycles. The van der Waals surface area contributed by atoms with E-state index in [0.717, 1.165) is 16.8 Å². The average molecular weight is 372 g/mol. The molecule has 2 rings (SSSR count). The maximum absolute atomic E-state index is 11.5. The Bertz CT molecular complexity index is 734. The van der Waals surface area contributed by atoms with Crippen LogP contribution in [0.3, 0.4) is 0 Å². The molecule has 0 saturated heterocycles. The quantitative estimate of drug-likeness (QED) is 0.698.